The van der Waals surface area contributed by atoms with E-state index in [1.54, 1.807) is 12.4 Å². The average molecular weight is 398 g/mol. The number of aryl methyl sites for hydroxylation is 1. The number of allylic oxidation sites excluding steroid dienone is 1. The quantitative estimate of drug-likeness (QED) is 0.498. The molecule has 2 N–H and O–H groups in total. The van der Waals surface area contributed by atoms with Crippen LogP contribution in [0.2, 0.25) is 0 Å². The standard InChI is InChI=1S/C24H22N4O2/c1-16(18-6-5-13-26-14-18)23(24(25)29)17-9-11-19(12-10-17)30-15-22-27-20-7-3-4-8-21(20)28(22)2/h3-14H,15H2,1-2H3,(H2,25,29). The van der Waals surface area contributed by atoms with Crippen LogP contribution in [0.3, 0.4) is 0 Å². The van der Waals surface area contributed by atoms with E-state index in [-0.39, 0.29) is 0 Å². The molecule has 0 saturated carbocycles. The topological polar surface area (TPSA) is 83.0 Å². The number of fused-ring (bicyclic) bond motifs is 1. The number of primary amides is 1. The summed E-state index contributed by atoms with van der Waals surface area (Å²) in [6.45, 7) is 2.21. The number of pyridine rings is 1. The highest BCUT2D eigenvalue weighted by Crippen LogP contribution is 2.27. The van der Waals surface area contributed by atoms with Crippen molar-refractivity contribution in [1.29, 1.82) is 0 Å². The van der Waals surface area contributed by atoms with Gasteiger partial charge in [-0.05, 0) is 54.0 Å². The first kappa shape index (κ1) is 19.4. The zero-order chi connectivity index (χ0) is 21.1. The predicted octanol–water partition coefficient (Wildman–Crippen LogP) is 3.96. The third kappa shape index (κ3) is 3.80. The number of benzene rings is 2. The lowest BCUT2D eigenvalue weighted by molar-refractivity contribution is -0.112. The van der Waals surface area contributed by atoms with Gasteiger partial charge in [0.15, 0.2) is 0 Å². The highest BCUT2D eigenvalue weighted by molar-refractivity contribution is 6.26. The monoisotopic (exact) mass is 398 g/mol. The Balaban J connectivity index is 1.55. The van der Waals surface area contributed by atoms with E-state index in [9.17, 15) is 4.79 Å². The smallest absolute Gasteiger partial charge is 0.249 e. The fraction of sp³-hybridized carbons (Fsp3) is 0.125. The first-order valence-corrected chi connectivity index (χ1v) is 9.59. The summed E-state index contributed by atoms with van der Waals surface area (Å²) in [6.07, 6.45) is 3.41. The summed E-state index contributed by atoms with van der Waals surface area (Å²) in [5.74, 6) is 1.05. The molecule has 1 amide bonds. The molecule has 6 heteroatoms. The van der Waals surface area contributed by atoms with Gasteiger partial charge in [-0.25, -0.2) is 4.98 Å². The third-order valence-electron chi connectivity index (χ3n) is 5.11. The summed E-state index contributed by atoms with van der Waals surface area (Å²) in [5.41, 5.74) is 10.5. The van der Waals surface area contributed by atoms with Crippen molar-refractivity contribution < 1.29 is 9.53 Å². The van der Waals surface area contributed by atoms with Crippen LogP contribution >= 0.6 is 0 Å². The first-order chi connectivity index (χ1) is 14.5. The maximum atomic E-state index is 12.1. The molecule has 2 aromatic carbocycles. The van der Waals surface area contributed by atoms with Gasteiger partial charge in [-0.2, -0.15) is 0 Å². The van der Waals surface area contributed by atoms with Gasteiger partial charge in [0.1, 0.15) is 18.2 Å². The lowest BCUT2D eigenvalue weighted by Crippen LogP contribution is -2.14. The number of amides is 1. The Kier molecular flexibility index (Phi) is 5.30. The molecule has 0 aliphatic heterocycles. The van der Waals surface area contributed by atoms with E-state index >= 15 is 0 Å². The van der Waals surface area contributed by atoms with E-state index in [0.717, 1.165) is 33.6 Å². The molecule has 2 aromatic heterocycles. The van der Waals surface area contributed by atoms with E-state index in [1.807, 2.05) is 79.2 Å². The highest BCUT2D eigenvalue weighted by atomic mass is 16.5. The van der Waals surface area contributed by atoms with Gasteiger partial charge < -0.3 is 15.0 Å². The van der Waals surface area contributed by atoms with Gasteiger partial charge in [0, 0.05) is 25.0 Å². The van der Waals surface area contributed by atoms with Crippen LogP contribution in [0.25, 0.3) is 22.2 Å². The molecule has 0 aliphatic rings. The van der Waals surface area contributed by atoms with Crippen LogP contribution in [0.5, 0.6) is 5.75 Å². The fourth-order valence-electron chi connectivity index (χ4n) is 3.46. The number of rotatable bonds is 6. The Morgan fingerprint density at radius 3 is 2.47 bits per heavy atom. The Bertz CT molecular complexity index is 1230. The summed E-state index contributed by atoms with van der Waals surface area (Å²) in [7, 11) is 1.97. The van der Waals surface area contributed by atoms with Gasteiger partial charge in [0.05, 0.1) is 11.0 Å². The lowest BCUT2D eigenvalue weighted by atomic mass is 9.96. The van der Waals surface area contributed by atoms with E-state index in [0.29, 0.717) is 17.9 Å². The number of nitrogens with two attached hydrogens (primary N) is 1. The molecule has 6 nitrogen and oxygen atoms in total. The molecule has 0 radical (unpaired) electrons. The minimum atomic E-state index is -0.482. The maximum Gasteiger partial charge on any atom is 0.249 e. The van der Waals surface area contributed by atoms with Crippen LogP contribution in [0.4, 0.5) is 0 Å². The van der Waals surface area contributed by atoms with Gasteiger partial charge in [0.2, 0.25) is 5.91 Å². The predicted molar refractivity (Wildman–Crippen MR) is 117 cm³/mol. The second kappa shape index (κ2) is 8.21. The Morgan fingerprint density at radius 2 is 1.80 bits per heavy atom. The number of ether oxygens (including phenoxy) is 1. The van der Waals surface area contributed by atoms with Gasteiger partial charge in [-0.15, -0.1) is 0 Å². The first-order valence-electron chi connectivity index (χ1n) is 9.59. The molecule has 2 heterocycles. The van der Waals surface area contributed by atoms with Crippen molar-refractivity contribution in [3.05, 3.63) is 90.0 Å². The molecule has 4 rings (SSSR count). The number of aromatic nitrogens is 3. The van der Waals surface area contributed by atoms with Crippen molar-refractivity contribution >= 4 is 28.1 Å². The summed E-state index contributed by atoms with van der Waals surface area (Å²) in [6, 6.07) is 19.0. The number of hydrogen-bond acceptors (Lipinski definition) is 4. The van der Waals surface area contributed by atoms with Gasteiger partial charge in [0.25, 0.3) is 0 Å². The molecule has 4 aromatic rings. The molecular weight excluding hydrogens is 376 g/mol. The number of carbonyl (C=O) groups is 1. The van der Waals surface area contributed by atoms with E-state index in [4.69, 9.17) is 10.5 Å². The third-order valence-corrected chi connectivity index (χ3v) is 5.11. The molecule has 0 fully saturated rings. The molecule has 0 unspecified atom stereocenters. The maximum absolute atomic E-state index is 12.1. The van der Waals surface area contributed by atoms with Crippen LogP contribution in [0.15, 0.2) is 73.1 Å². The lowest BCUT2D eigenvalue weighted by Gasteiger charge is -2.11. The molecule has 30 heavy (non-hydrogen) atoms. The zero-order valence-corrected chi connectivity index (χ0v) is 16.9. The second-order valence-electron chi connectivity index (χ2n) is 6.99. The van der Waals surface area contributed by atoms with Crippen LogP contribution in [0.1, 0.15) is 23.9 Å². The highest BCUT2D eigenvalue weighted by Gasteiger charge is 2.14. The van der Waals surface area contributed by atoms with Crippen molar-refractivity contribution in [3.8, 4) is 5.75 Å². The average Bonchev–Trinajstić information content (AvgIpc) is 3.09. The molecule has 0 bridgehead atoms. The molecule has 0 saturated heterocycles. The van der Waals surface area contributed by atoms with Crippen LogP contribution in [-0.2, 0) is 18.4 Å². The van der Waals surface area contributed by atoms with Gasteiger partial charge in [-0.3, -0.25) is 9.78 Å². The second-order valence-corrected chi connectivity index (χ2v) is 6.99. The molecule has 0 aliphatic carbocycles. The molecular formula is C24H22N4O2. The SMILES string of the molecule is CC(=C(C(N)=O)c1ccc(OCc2nc3ccccc3n2C)cc1)c1cccnc1. The number of nitrogens with zero attached hydrogens (tertiary/aromatic N) is 3. The van der Waals surface area contributed by atoms with E-state index in [2.05, 4.69) is 9.97 Å². The van der Waals surface area contributed by atoms with Gasteiger partial charge >= 0.3 is 0 Å². The summed E-state index contributed by atoms with van der Waals surface area (Å²) < 4.78 is 7.94. The van der Waals surface area contributed by atoms with Crippen molar-refractivity contribution in [2.75, 3.05) is 0 Å². The number of imidazole rings is 1. The van der Waals surface area contributed by atoms with Crippen molar-refractivity contribution in [3.63, 3.8) is 0 Å². The fourth-order valence-corrected chi connectivity index (χ4v) is 3.46. The van der Waals surface area contributed by atoms with E-state index in [1.165, 1.54) is 0 Å². The largest absolute Gasteiger partial charge is 0.486 e. The Hall–Kier alpha value is -3.93. The van der Waals surface area contributed by atoms with E-state index < -0.39 is 5.91 Å². The number of carbonyl (C=O) groups excluding carboxylic acids is 1. The minimum Gasteiger partial charge on any atom is -0.486 e. The molecule has 0 atom stereocenters. The summed E-state index contributed by atoms with van der Waals surface area (Å²) in [4.78, 5) is 20.9. The van der Waals surface area contributed by atoms with Crippen molar-refractivity contribution in [2.24, 2.45) is 12.8 Å². The van der Waals surface area contributed by atoms with Gasteiger partial charge in [-0.1, -0.05) is 30.3 Å². The minimum absolute atomic E-state index is 0.345. The summed E-state index contributed by atoms with van der Waals surface area (Å²) in [5, 5.41) is 0. The molecule has 0 spiro atoms. The van der Waals surface area contributed by atoms with Crippen LogP contribution in [0, 0.1) is 0 Å². The summed E-state index contributed by atoms with van der Waals surface area (Å²) >= 11 is 0. The number of para-hydroxylation sites is 2. The van der Waals surface area contributed by atoms with Crippen molar-refractivity contribution in [1.82, 2.24) is 14.5 Å². The molecule has 150 valence electrons. The van der Waals surface area contributed by atoms with Crippen LogP contribution < -0.4 is 10.5 Å². The van der Waals surface area contributed by atoms with Crippen molar-refractivity contribution in [2.45, 2.75) is 13.5 Å². The number of hydrogen-bond donors (Lipinski definition) is 1. The Labute approximate surface area is 174 Å². The zero-order valence-electron chi connectivity index (χ0n) is 16.9. The van der Waals surface area contributed by atoms with Crippen LogP contribution in [-0.4, -0.2) is 20.4 Å². The normalized spacial score (nSPS) is 11.9. The Morgan fingerprint density at radius 1 is 1.03 bits per heavy atom.